The maximum Gasteiger partial charge on any atom is 0.322 e. The second-order valence-electron chi connectivity index (χ2n) is 8.26. The first-order valence-corrected chi connectivity index (χ1v) is 11.1. The lowest BCUT2D eigenvalue weighted by Crippen LogP contribution is -2.58. The predicted octanol–water partition coefficient (Wildman–Crippen LogP) is 3.03. The molecule has 1 unspecified atom stereocenters. The molecule has 9 heteroatoms. The summed E-state index contributed by atoms with van der Waals surface area (Å²) >= 11 is 6.35. The van der Waals surface area contributed by atoms with Crippen LogP contribution in [-0.4, -0.2) is 55.6 Å². The third-order valence-corrected chi connectivity index (χ3v) is 6.88. The van der Waals surface area contributed by atoms with E-state index in [9.17, 15) is 14.4 Å². The van der Waals surface area contributed by atoms with Crippen molar-refractivity contribution in [2.24, 2.45) is 5.92 Å². The van der Waals surface area contributed by atoms with Crippen molar-refractivity contribution >= 4 is 29.4 Å². The molecule has 2 aromatic rings. The first-order chi connectivity index (χ1) is 15.9. The van der Waals surface area contributed by atoms with Crippen molar-refractivity contribution in [1.82, 2.24) is 15.5 Å². The molecule has 0 radical (unpaired) electrons. The van der Waals surface area contributed by atoms with E-state index in [1.54, 1.807) is 29.2 Å². The largest absolute Gasteiger partial charge is 0.493 e. The number of likely N-dealkylation sites (tertiary alicyclic amines) is 1. The molecule has 1 atom stereocenters. The van der Waals surface area contributed by atoms with Crippen LogP contribution >= 0.6 is 11.6 Å². The number of ether oxygens (including phenoxy) is 2. The Morgan fingerprint density at radius 2 is 1.82 bits per heavy atom. The van der Waals surface area contributed by atoms with E-state index in [0.29, 0.717) is 48.0 Å². The molecule has 2 fully saturated rings. The summed E-state index contributed by atoms with van der Waals surface area (Å²) in [6.07, 6.45) is 1.39. The van der Waals surface area contributed by atoms with Gasteiger partial charge in [-0.25, -0.2) is 4.79 Å². The maximum atomic E-state index is 13.2. The van der Waals surface area contributed by atoms with Gasteiger partial charge in [0.05, 0.1) is 19.8 Å². The van der Waals surface area contributed by atoms with Gasteiger partial charge in [-0.15, -0.1) is 0 Å². The quantitative estimate of drug-likeness (QED) is 0.631. The van der Waals surface area contributed by atoms with Gasteiger partial charge in [-0.05, 0) is 42.5 Å². The highest BCUT2D eigenvalue weighted by molar-refractivity contribution is 6.31. The summed E-state index contributed by atoms with van der Waals surface area (Å²) in [6.45, 7) is 0.884. The Labute approximate surface area is 197 Å². The minimum atomic E-state index is -1.11. The molecule has 2 aliphatic rings. The summed E-state index contributed by atoms with van der Waals surface area (Å²) in [6, 6.07) is 12.0. The van der Waals surface area contributed by atoms with Gasteiger partial charge in [0.1, 0.15) is 5.54 Å². The molecule has 2 saturated heterocycles. The van der Waals surface area contributed by atoms with Crippen molar-refractivity contribution in [3.05, 3.63) is 58.6 Å². The van der Waals surface area contributed by atoms with E-state index in [-0.39, 0.29) is 24.2 Å². The van der Waals surface area contributed by atoms with Crippen LogP contribution in [0.2, 0.25) is 5.02 Å². The number of piperidine rings is 1. The lowest BCUT2D eigenvalue weighted by molar-refractivity contribution is -0.126. The number of benzene rings is 2. The fourth-order valence-corrected chi connectivity index (χ4v) is 5.01. The number of rotatable bonds is 6. The SMILES string of the molecule is COc1cccc(C(=O)N2CCC(C3(Cc4ccccc4Cl)NC(=O)NC3=O)CC2)c1OC. The monoisotopic (exact) mass is 471 g/mol. The van der Waals surface area contributed by atoms with Crippen LogP contribution in [0.15, 0.2) is 42.5 Å². The fourth-order valence-electron chi connectivity index (χ4n) is 4.80. The molecule has 0 aromatic heterocycles. The summed E-state index contributed by atoms with van der Waals surface area (Å²) in [5.74, 6) is 0.208. The van der Waals surface area contributed by atoms with E-state index >= 15 is 0 Å². The zero-order valence-corrected chi connectivity index (χ0v) is 19.3. The van der Waals surface area contributed by atoms with Crippen LogP contribution < -0.4 is 20.1 Å². The molecule has 0 aliphatic carbocycles. The average Bonchev–Trinajstić information content (AvgIpc) is 3.12. The molecule has 174 valence electrons. The number of halogens is 1. The van der Waals surface area contributed by atoms with Crippen LogP contribution in [0.4, 0.5) is 4.79 Å². The number of hydrogen-bond donors (Lipinski definition) is 2. The third-order valence-electron chi connectivity index (χ3n) is 6.51. The average molecular weight is 472 g/mol. The number of carbonyl (C=O) groups is 3. The predicted molar refractivity (Wildman–Crippen MR) is 123 cm³/mol. The van der Waals surface area contributed by atoms with Gasteiger partial charge >= 0.3 is 6.03 Å². The number of imide groups is 1. The normalized spacial score (nSPS) is 20.9. The Bertz CT molecular complexity index is 1080. The van der Waals surface area contributed by atoms with E-state index in [4.69, 9.17) is 21.1 Å². The van der Waals surface area contributed by atoms with E-state index in [1.807, 2.05) is 18.2 Å². The molecule has 2 aliphatic heterocycles. The standard InChI is InChI=1S/C24H26ClN3O5/c1-32-19-9-5-7-17(20(19)33-2)21(29)28-12-10-16(11-13-28)24(22(30)26-23(31)27-24)14-15-6-3-4-8-18(15)25/h3-9,16H,10-14H2,1-2H3,(H2,26,27,30,31). The molecule has 33 heavy (non-hydrogen) atoms. The minimum Gasteiger partial charge on any atom is -0.493 e. The van der Waals surface area contributed by atoms with Gasteiger partial charge in [0.2, 0.25) is 0 Å². The second kappa shape index (κ2) is 9.31. The first-order valence-electron chi connectivity index (χ1n) is 10.8. The van der Waals surface area contributed by atoms with Crippen molar-refractivity contribution in [2.75, 3.05) is 27.3 Å². The van der Waals surface area contributed by atoms with Crippen LogP contribution in [0, 0.1) is 5.92 Å². The Hall–Kier alpha value is -3.26. The topological polar surface area (TPSA) is 97.0 Å². The van der Waals surface area contributed by atoms with E-state index < -0.39 is 11.6 Å². The number of nitrogens with zero attached hydrogens (tertiary/aromatic N) is 1. The van der Waals surface area contributed by atoms with Gasteiger partial charge in [-0.1, -0.05) is 35.9 Å². The molecule has 0 spiro atoms. The highest BCUT2D eigenvalue weighted by Crippen LogP contribution is 2.37. The number of nitrogens with one attached hydrogen (secondary N) is 2. The summed E-state index contributed by atoms with van der Waals surface area (Å²) in [5.41, 5.74) is 0.106. The number of amides is 4. The second-order valence-corrected chi connectivity index (χ2v) is 8.66. The summed E-state index contributed by atoms with van der Waals surface area (Å²) in [4.78, 5) is 40.0. The van der Waals surface area contributed by atoms with Crippen LogP contribution in [0.25, 0.3) is 0 Å². The smallest absolute Gasteiger partial charge is 0.322 e. The van der Waals surface area contributed by atoms with Crippen molar-refractivity contribution < 1.29 is 23.9 Å². The van der Waals surface area contributed by atoms with Crippen LogP contribution in [0.5, 0.6) is 11.5 Å². The maximum absolute atomic E-state index is 13.2. The number of methoxy groups -OCH3 is 2. The number of carbonyl (C=O) groups excluding carboxylic acids is 3. The van der Waals surface area contributed by atoms with Gasteiger partial charge < -0.3 is 19.7 Å². The molecule has 2 N–H and O–H groups in total. The number of para-hydroxylation sites is 1. The van der Waals surface area contributed by atoms with Crippen molar-refractivity contribution in [3.63, 3.8) is 0 Å². The Morgan fingerprint density at radius 1 is 1.09 bits per heavy atom. The number of urea groups is 1. The molecule has 0 saturated carbocycles. The lowest BCUT2D eigenvalue weighted by atomic mass is 9.74. The van der Waals surface area contributed by atoms with E-state index in [0.717, 1.165) is 5.56 Å². The number of hydrogen-bond acceptors (Lipinski definition) is 5. The Kier molecular flexibility index (Phi) is 6.47. The van der Waals surface area contributed by atoms with Crippen molar-refractivity contribution in [1.29, 1.82) is 0 Å². The molecule has 2 heterocycles. The van der Waals surface area contributed by atoms with Gasteiger partial charge in [-0.3, -0.25) is 14.9 Å². The molecule has 8 nitrogen and oxygen atoms in total. The fraction of sp³-hybridized carbons (Fsp3) is 0.375. The molecule has 4 amide bonds. The van der Waals surface area contributed by atoms with Gasteiger partial charge in [-0.2, -0.15) is 0 Å². The summed E-state index contributed by atoms with van der Waals surface area (Å²) in [5, 5.41) is 5.81. The molecule has 2 aromatic carbocycles. The van der Waals surface area contributed by atoms with Crippen LogP contribution in [0.3, 0.4) is 0 Å². The molecule has 4 rings (SSSR count). The highest BCUT2D eigenvalue weighted by atomic mass is 35.5. The highest BCUT2D eigenvalue weighted by Gasteiger charge is 2.52. The first kappa shape index (κ1) is 22.9. The third kappa shape index (κ3) is 4.23. The van der Waals surface area contributed by atoms with Crippen molar-refractivity contribution in [3.8, 4) is 11.5 Å². The molecular weight excluding hydrogens is 446 g/mol. The Balaban J connectivity index is 1.54. The Morgan fingerprint density at radius 3 is 2.42 bits per heavy atom. The van der Waals surface area contributed by atoms with E-state index in [1.165, 1.54) is 14.2 Å². The van der Waals surface area contributed by atoms with Crippen molar-refractivity contribution in [2.45, 2.75) is 24.8 Å². The van der Waals surface area contributed by atoms with Crippen LogP contribution in [-0.2, 0) is 11.2 Å². The molecule has 0 bridgehead atoms. The molecular formula is C24H26ClN3O5. The minimum absolute atomic E-state index is 0.156. The van der Waals surface area contributed by atoms with Crippen LogP contribution in [0.1, 0.15) is 28.8 Å². The van der Waals surface area contributed by atoms with Gasteiger partial charge in [0.25, 0.3) is 11.8 Å². The zero-order chi connectivity index (χ0) is 23.6. The summed E-state index contributed by atoms with van der Waals surface area (Å²) < 4.78 is 10.7. The van der Waals surface area contributed by atoms with Gasteiger partial charge in [0, 0.05) is 24.5 Å². The van der Waals surface area contributed by atoms with E-state index in [2.05, 4.69) is 10.6 Å². The zero-order valence-electron chi connectivity index (χ0n) is 18.5. The van der Waals surface area contributed by atoms with Gasteiger partial charge in [0.15, 0.2) is 11.5 Å². The lowest BCUT2D eigenvalue weighted by Gasteiger charge is -2.41. The summed E-state index contributed by atoms with van der Waals surface area (Å²) in [7, 11) is 3.03.